The van der Waals surface area contributed by atoms with Crippen LogP contribution in [-0.4, -0.2) is 42.4 Å². The molecule has 5 nitrogen and oxygen atoms in total. The molecule has 1 aliphatic heterocycles. The van der Waals surface area contributed by atoms with Crippen molar-refractivity contribution >= 4 is 24.2 Å². The highest BCUT2D eigenvalue weighted by Crippen LogP contribution is 2.18. The van der Waals surface area contributed by atoms with Crippen LogP contribution in [0.3, 0.4) is 0 Å². The van der Waals surface area contributed by atoms with Crippen LogP contribution >= 0.6 is 12.4 Å². The second kappa shape index (κ2) is 10.0. The topological polar surface area (TPSA) is 75.4 Å². The molecule has 124 valence electrons. The molecule has 1 heterocycles. The highest BCUT2D eigenvalue weighted by atomic mass is 35.5. The first-order valence-corrected chi connectivity index (χ1v) is 7.77. The lowest BCUT2D eigenvalue weighted by Crippen LogP contribution is -2.49. The Morgan fingerprint density at radius 2 is 1.86 bits per heavy atom. The van der Waals surface area contributed by atoms with Crippen LogP contribution in [0.1, 0.15) is 46.5 Å². The molecule has 0 unspecified atom stereocenters. The summed E-state index contributed by atoms with van der Waals surface area (Å²) in [5.74, 6) is 0.634. The molecule has 1 aliphatic rings. The quantitative estimate of drug-likeness (QED) is 0.780. The lowest BCUT2D eigenvalue weighted by atomic mass is 9.94. The van der Waals surface area contributed by atoms with Crippen molar-refractivity contribution < 1.29 is 9.59 Å². The van der Waals surface area contributed by atoms with E-state index in [-0.39, 0.29) is 30.1 Å². The van der Waals surface area contributed by atoms with Crippen LogP contribution in [0.4, 0.5) is 0 Å². The molecule has 1 saturated heterocycles. The molecule has 1 fully saturated rings. The summed E-state index contributed by atoms with van der Waals surface area (Å²) >= 11 is 0. The normalized spacial score (nSPS) is 17.3. The third-order valence-electron chi connectivity index (χ3n) is 3.77. The average molecular weight is 320 g/mol. The van der Waals surface area contributed by atoms with Crippen molar-refractivity contribution in [2.24, 2.45) is 17.6 Å². The number of rotatable bonds is 6. The van der Waals surface area contributed by atoms with Crippen molar-refractivity contribution in [3.05, 3.63) is 0 Å². The largest absolute Gasteiger partial charge is 0.356 e. The molecule has 0 aromatic heterocycles. The number of halogens is 1. The summed E-state index contributed by atoms with van der Waals surface area (Å²) in [4.78, 5) is 25.9. The number of carbonyl (C=O) groups excluding carboxylic acids is 2. The van der Waals surface area contributed by atoms with E-state index >= 15 is 0 Å². The molecular weight excluding hydrogens is 290 g/mol. The molecule has 3 N–H and O–H groups in total. The van der Waals surface area contributed by atoms with E-state index in [1.54, 1.807) is 0 Å². The Bertz CT molecular complexity index is 329. The van der Waals surface area contributed by atoms with E-state index in [0.29, 0.717) is 19.0 Å². The van der Waals surface area contributed by atoms with Crippen molar-refractivity contribution in [3.8, 4) is 0 Å². The van der Waals surface area contributed by atoms with Gasteiger partial charge in [0, 0.05) is 25.6 Å². The van der Waals surface area contributed by atoms with Crippen molar-refractivity contribution in [1.82, 2.24) is 10.2 Å². The lowest BCUT2D eigenvalue weighted by molar-refractivity contribution is -0.137. The van der Waals surface area contributed by atoms with Gasteiger partial charge in [0.1, 0.15) is 0 Å². The predicted molar refractivity (Wildman–Crippen MR) is 87.3 cm³/mol. The van der Waals surface area contributed by atoms with E-state index in [4.69, 9.17) is 5.73 Å². The second-order valence-corrected chi connectivity index (χ2v) is 6.13. The number of carbonyl (C=O) groups is 2. The molecule has 0 aromatic rings. The van der Waals surface area contributed by atoms with E-state index in [1.807, 2.05) is 11.8 Å². The average Bonchev–Trinajstić information content (AvgIpc) is 2.43. The monoisotopic (exact) mass is 319 g/mol. The van der Waals surface area contributed by atoms with Crippen LogP contribution in [0.2, 0.25) is 0 Å². The van der Waals surface area contributed by atoms with E-state index in [2.05, 4.69) is 19.2 Å². The summed E-state index contributed by atoms with van der Waals surface area (Å²) < 4.78 is 0. The summed E-state index contributed by atoms with van der Waals surface area (Å²) in [6, 6.07) is -0.402. The third kappa shape index (κ3) is 6.66. The fourth-order valence-corrected chi connectivity index (χ4v) is 2.60. The maximum atomic E-state index is 12.2. The maximum absolute atomic E-state index is 12.2. The SMILES string of the molecule is CCCNC(=O)C1CCN(C(=O)[C@@H](N)CC(C)C)CC1.Cl. The zero-order valence-corrected chi connectivity index (χ0v) is 14.2. The van der Waals surface area contributed by atoms with Crippen LogP contribution in [0.15, 0.2) is 0 Å². The fourth-order valence-electron chi connectivity index (χ4n) is 2.60. The number of piperidine rings is 1. The first-order valence-electron chi connectivity index (χ1n) is 7.77. The minimum atomic E-state index is -0.402. The maximum Gasteiger partial charge on any atom is 0.239 e. The highest BCUT2D eigenvalue weighted by Gasteiger charge is 2.29. The summed E-state index contributed by atoms with van der Waals surface area (Å²) in [6.45, 7) is 8.20. The van der Waals surface area contributed by atoms with E-state index in [1.165, 1.54) is 0 Å². The van der Waals surface area contributed by atoms with Crippen molar-refractivity contribution in [2.75, 3.05) is 19.6 Å². The van der Waals surface area contributed by atoms with Gasteiger partial charge < -0.3 is 16.0 Å². The molecule has 0 spiro atoms. The minimum absolute atomic E-state index is 0. The van der Waals surface area contributed by atoms with Gasteiger partial charge in [-0.1, -0.05) is 20.8 Å². The summed E-state index contributed by atoms with van der Waals surface area (Å²) in [6.07, 6.45) is 3.16. The van der Waals surface area contributed by atoms with Gasteiger partial charge in [-0.3, -0.25) is 9.59 Å². The number of hydrogen-bond donors (Lipinski definition) is 2. The highest BCUT2D eigenvalue weighted by molar-refractivity contribution is 5.85. The van der Waals surface area contributed by atoms with Gasteiger partial charge >= 0.3 is 0 Å². The molecule has 1 atom stereocenters. The zero-order chi connectivity index (χ0) is 15.1. The van der Waals surface area contributed by atoms with Crippen molar-refractivity contribution in [3.63, 3.8) is 0 Å². The van der Waals surface area contributed by atoms with Crippen LogP contribution in [0.5, 0.6) is 0 Å². The third-order valence-corrected chi connectivity index (χ3v) is 3.77. The smallest absolute Gasteiger partial charge is 0.239 e. The fraction of sp³-hybridized carbons (Fsp3) is 0.867. The molecule has 0 aliphatic carbocycles. The molecular formula is C15H30ClN3O2. The van der Waals surface area contributed by atoms with Crippen molar-refractivity contribution in [2.45, 2.75) is 52.5 Å². The lowest BCUT2D eigenvalue weighted by Gasteiger charge is -2.33. The number of hydrogen-bond acceptors (Lipinski definition) is 3. The first-order chi connectivity index (χ1) is 9.45. The summed E-state index contributed by atoms with van der Waals surface area (Å²) in [5.41, 5.74) is 5.94. The van der Waals surface area contributed by atoms with Crippen LogP contribution in [0, 0.1) is 11.8 Å². The van der Waals surface area contributed by atoms with Crippen LogP contribution < -0.4 is 11.1 Å². The van der Waals surface area contributed by atoms with Gasteiger partial charge in [0.15, 0.2) is 0 Å². The van der Waals surface area contributed by atoms with Crippen molar-refractivity contribution in [1.29, 1.82) is 0 Å². The first kappa shape index (κ1) is 20.2. The molecule has 21 heavy (non-hydrogen) atoms. The molecule has 0 radical (unpaired) electrons. The van der Waals surface area contributed by atoms with Gasteiger partial charge in [0.25, 0.3) is 0 Å². The van der Waals surface area contributed by atoms with Crippen LogP contribution in [-0.2, 0) is 9.59 Å². The van der Waals surface area contributed by atoms with Gasteiger partial charge in [-0.05, 0) is 31.6 Å². The molecule has 0 saturated carbocycles. The minimum Gasteiger partial charge on any atom is -0.356 e. The Hall–Kier alpha value is -0.810. The number of nitrogens with zero attached hydrogens (tertiary/aromatic N) is 1. The van der Waals surface area contributed by atoms with E-state index in [0.717, 1.165) is 32.2 Å². The number of likely N-dealkylation sites (tertiary alicyclic amines) is 1. The van der Waals surface area contributed by atoms with E-state index < -0.39 is 6.04 Å². The number of nitrogens with one attached hydrogen (secondary N) is 1. The van der Waals surface area contributed by atoms with Gasteiger partial charge in [-0.25, -0.2) is 0 Å². The molecule has 0 bridgehead atoms. The van der Waals surface area contributed by atoms with Gasteiger partial charge in [0.2, 0.25) is 11.8 Å². The Kier molecular flexibility index (Phi) is 9.62. The summed E-state index contributed by atoms with van der Waals surface area (Å²) in [5, 5.41) is 2.93. The Morgan fingerprint density at radius 1 is 1.29 bits per heavy atom. The predicted octanol–water partition coefficient (Wildman–Crippen LogP) is 1.55. The molecule has 1 rings (SSSR count). The van der Waals surface area contributed by atoms with Crippen LogP contribution in [0.25, 0.3) is 0 Å². The number of nitrogens with two attached hydrogens (primary N) is 1. The molecule has 2 amide bonds. The summed E-state index contributed by atoms with van der Waals surface area (Å²) in [7, 11) is 0. The Morgan fingerprint density at radius 3 is 2.33 bits per heavy atom. The molecule has 6 heteroatoms. The van der Waals surface area contributed by atoms with Gasteiger partial charge in [-0.2, -0.15) is 0 Å². The Labute approximate surface area is 134 Å². The van der Waals surface area contributed by atoms with Gasteiger partial charge in [0.05, 0.1) is 6.04 Å². The zero-order valence-electron chi connectivity index (χ0n) is 13.4. The molecule has 0 aromatic carbocycles. The number of amides is 2. The second-order valence-electron chi connectivity index (χ2n) is 6.13. The Balaban J connectivity index is 0.00000400. The van der Waals surface area contributed by atoms with Gasteiger partial charge in [-0.15, -0.1) is 12.4 Å². The van der Waals surface area contributed by atoms with E-state index in [9.17, 15) is 9.59 Å². The standard InChI is InChI=1S/C15H29N3O2.ClH/c1-4-7-17-14(19)12-5-8-18(9-6-12)15(20)13(16)10-11(2)3;/h11-13H,4-10,16H2,1-3H3,(H,17,19);1H/t13-;/m0./s1.